The van der Waals surface area contributed by atoms with Gasteiger partial charge in [0, 0.05) is 18.5 Å². The van der Waals surface area contributed by atoms with Gasteiger partial charge in [-0.2, -0.15) is 0 Å². The first kappa shape index (κ1) is 18.2. The summed E-state index contributed by atoms with van der Waals surface area (Å²) in [5, 5.41) is 4.35. The molecule has 4 nitrogen and oxygen atoms in total. The molecule has 0 unspecified atom stereocenters. The molecule has 1 fully saturated rings. The molecule has 0 saturated carbocycles. The molecule has 2 rings (SSSR count). The Morgan fingerprint density at radius 3 is 2.61 bits per heavy atom. The summed E-state index contributed by atoms with van der Waals surface area (Å²) in [6.45, 7) is 9.96. The van der Waals surface area contributed by atoms with Crippen LogP contribution in [0.15, 0.2) is 24.3 Å². The summed E-state index contributed by atoms with van der Waals surface area (Å²) in [6, 6.07) is 8.73. The van der Waals surface area contributed by atoms with Gasteiger partial charge in [-0.1, -0.05) is 24.3 Å². The molecule has 1 aromatic rings. The Kier molecular flexibility index (Phi) is 7.27. The van der Waals surface area contributed by atoms with Gasteiger partial charge in [0.15, 0.2) is 5.11 Å². The van der Waals surface area contributed by atoms with Crippen molar-refractivity contribution in [1.82, 2.24) is 10.2 Å². The van der Waals surface area contributed by atoms with Gasteiger partial charge in [0.25, 0.3) is 0 Å². The van der Waals surface area contributed by atoms with Crippen LogP contribution in [-0.2, 0) is 6.54 Å². The van der Waals surface area contributed by atoms with E-state index in [4.69, 9.17) is 12.2 Å². The molecule has 23 heavy (non-hydrogen) atoms. The summed E-state index contributed by atoms with van der Waals surface area (Å²) in [4.78, 5) is 5.49. The number of nitrogens with one attached hydrogen (secondary N) is 3. The van der Waals surface area contributed by atoms with Crippen molar-refractivity contribution in [2.75, 3.05) is 53.4 Å². The second kappa shape index (κ2) is 9.21. The number of benzene rings is 1. The second-order valence-electron chi connectivity index (χ2n) is 6.88. The number of hydrogen-bond acceptors (Lipinski definition) is 1. The second-order valence-corrected chi connectivity index (χ2v) is 7.27. The van der Waals surface area contributed by atoms with E-state index in [9.17, 15) is 0 Å². The largest absolute Gasteiger partial charge is 0.362 e. The van der Waals surface area contributed by atoms with Gasteiger partial charge < -0.3 is 20.0 Å². The van der Waals surface area contributed by atoms with Gasteiger partial charge in [0.1, 0.15) is 6.54 Å². The van der Waals surface area contributed by atoms with Crippen LogP contribution >= 0.6 is 12.2 Å². The number of piperazine rings is 1. The molecule has 1 aliphatic heterocycles. The highest BCUT2D eigenvalue weighted by Crippen LogP contribution is 2.05. The van der Waals surface area contributed by atoms with E-state index in [0.717, 1.165) is 44.4 Å². The standard InChI is InChI=1S/C18H30N4S/c1-16-7-4-5-8-17(16)15-21-11-13-22(14-12-21)18(23)19-9-6-10-20(2)3/h4-5,7-8H,6,9-15H2,1-3H3,(H,19,23)/p+2. The first-order chi connectivity index (χ1) is 11.1. The van der Waals surface area contributed by atoms with Crippen LogP contribution in [0, 0.1) is 6.92 Å². The maximum Gasteiger partial charge on any atom is 0.169 e. The Morgan fingerprint density at radius 1 is 1.26 bits per heavy atom. The summed E-state index contributed by atoms with van der Waals surface area (Å²) >= 11 is 5.54. The van der Waals surface area contributed by atoms with Crippen LogP contribution in [0.5, 0.6) is 0 Å². The highest BCUT2D eigenvalue weighted by atomic mass is 32.1. The third-order valence-corrected chi connectivity index (χ3v) is 4.99. The summed E-state index contributed by atoms with van der Waals surface area (Å²) in [7, 11) is 4.38. The van der Waals surface area contributed by atoms with Gasteiger partial charge in [-0.15, -0.1) is 0 Å². The Labute approximate surface area is 146 Å². The Balaban J connectivity index is 1.69. The molecule has 0 amide bonds. The van der Waals surface area contributed by atoms with E-state index in [0.29, 0.717) is 0 Å². The first-order valence-electron chi connectivity index (χ1n) is 8.76. The van der Waals surface area contributed by atoms with Gasteiger partial charge in [-0.25, -0.2) is 0 Å². The lowest BCUT2D eigenvalue weighted by atomic mass is 10.1. The number of rotatable bonds is 6. The predicted molar refractivity (Wildman–Crippen MR) is 100 cm³/mol. The Bertz CT molecular complexity index is 496. The van der Waals surface area contributed by atoms with E-state index < -0.39 is 0 Å². The molecule has 5 heteroatoms. The lowest BCUT2D eigenvalue weighted by Crippen LogP contribution is -3.13. The number of thiocarbonyl (C=S) groups is 1. The van der Waals surface area contributed by atoms with E-state index in [2.05, 4.69) is 55.5 Å². The van der Waals surface area contributed by atoms with E-state index in [-0.39, 0.29) is 0 Å². The summed E-state index contributed by atoms with van der Waals surface area (Å²) in [6.07, 6.45) is 1.17. The molecule has 1 heterocycles. The molecule has 1 aromatic carbocycles. The van der Waals surface area contributed by atoms with Crippen LogP contribution in [-0.4, -0.2) is 63.4 Å². The molecule has 0 radical (unpaired) electrons. The number of aryl methyl sites for hydroxylation is 1. The fourth-order valence-corrected chi connectivity index (χ4v) is 3.31. The number of hydrogen-bond donors (Lipinski definition) is 3. The van der Waals surface area contributed by atoms with Crippen LogP contribution in [0.4, 0.5) is 0 Å². The van der Waals surface area contributed by atoms with Crippen LogP contribution in [0.25, 0.3) is 0 Å². The SMILES string of the molecule is Cc1ccccc1C[NH+]1CCN(C(=S)NCCC[NH+](C)C)CC1. The van der Waals surface area contributed by atoms with E-state index in [1.165, 1.54) is 29.0 Å². The maximum atomic E-state index is 5.54. The van der Waals surface area contributed by atoms with Crippen molar-refractivity contribution in [2.45, 2.75) is 19.9 Å². The molecule has 3 N–H and O–H groups in total. The summed E-state index contributed by atoms with van der Waals surface area (Å²) in [5.41, 5.74) is 2.88. The minimum atomic E-state index is 0.939. The molecule has 1 saturated heterocycles. The van der Waals surface area contributed by atoms with Crippen LogP contribution in [0.3, 0.4) is 0 Å². The van der Waals surface area contributed by atoms with Gasteiger partial charge in [0.2, 0.25) is 0 Å². The fourth-order valence-electron chi connectivity index (χ4n) is 3.03. The van der Waals surface area contributed by atoms with Crippen LogP contribution in [0.2, 0.25) is 0 Å². The molecule has 1 aliphatic rings. The highest BCUT2D eigenvalue weighted by molar-refractivity contribution is 7.80. The normalized spacial score (nSPS) is 15.9. The molecule has 128 valence electrons. The van der Waals surface area contributed by atoms with Crippen LogP contribution < -0.4 is 15.1 Å². The van der Waals surface area contributed by atoms with E-state index in [1.807, 2.05) is 0 Å². The monoisotopic (exact) mass is 336 g/mol. The zero-order valence-electron chi connectivity index (χ0n) is 14.8. The lowest BCUT2D eigenvalue weighted by Gasteiger charge is -2.34. The van der Waals surface area contributed by atoms with Crippen molar-refractivity contribution in [3.05, 3.63) is 35.4 Å². The predicted octanol–water partition coefficient (Wildman–Crippen LogP) is -0.895. The highest BCUT2D eigenvalue weighted by Gasteiger charge is 2.21. The Hall–Kier alpha value is -1.17. The van der Waals surface area contributed by atoms with Gasteiger partial charge in [-0.3, -0.25) is 0 Å². The van der Waals surface area contributed by atoms with Crippen molar-refractivity contribution in [3.63, 3.8) is 0 Å². The lowest BCUT2D eigenvalue weighted by molar-refractivity contribution is -0.917. The fraction of sp³-hybridized carbons (Fsp3) is 0.611. The Morgan fingerprint density at radius 2 is 1.96 bits per heavy atom. The molecule has 0 spiro atoms. The van der Waals surface area contributed by atoms with Crippen LogP contribution in [0.1, 0.15) is 17.5 Å². The van der Waals surface area contributed by atoms with Gasteiger partial charge in [0.05, 0.1) is 46.8 Å². The van der Waals surface area contributed by atoms with Gasteiger partial charge >= 0.3 is 0 Å². The smallest absolute Gasteiger partial charge is 0.169 e. The van der Waals surface area contributed by atoms with E-state index >= 15 is 0 Å². The van der Waals surface area contributed by atoms with Gasteiger partial charge in [-0.05, 0) is 24.7 Å². The summed E-state index contributed by atoms with van der Waals surface area (Å²) in [5.74, 6) is 0. The average Bonchev–Trinajstić information content (AvgIpc) is 2.54. The molecule has 0 bridgehead atoms. The molecule has 0 atom stereocenters. The molecular weight excluding hydrogens is 304 g/mol. The number of quaternary nitrogens is 2. The topological polar surface area (TPSA) is 24.2 Å². The maximum absolute atomic E-state index is 5.54. The zero-order chi connectivity index (χ0) is 16.7. The molecule has 0 aliphatic carbocycles. The minimum absolute atomic E-state index is 0.939. The van der Waals surface area contributed by atoms with Crippen molar-refractivity contribution in [2.24, 2.45) is 0 Å². The third-order valence-electron chi connectivity index (χ3n) is 4.59. The van der Waals surface area contributed by atoms with Crippen molar-refractivity contribution in [1.29, 1.82) is 0 Å². The first-order valence-corrected chi connectivity index (χ1v) is 9.17. The van der Waals surface area contributed by atoms with Crippen molar-refractivity contribution >= 4 is 17.3 Å². The average molecular weight is 337 g/mol. The third kappa shape index (κ3) is 6.09. The minimum Gasteiger partial charge on any atom is -0.362 e. The zero-order valence-corrected chi connectivity index (χ0v) is 15.6. The molecule has 0 aromatic heterocycles. The van der Waals surface area contributed by atoms with Crippen molar-refractivity contribution < 1.29 is 9.80 Å². The molecular formula is C18H32N4S+2. The van der Waals surface area contributed by atoms with Crippen molar-refractivity contribution in [3.8, 4) is 0 Å². The number of nitrogens with zero attached hydrogens (tertiary/aromatic N) is 1. The van der Waals surface area contributed by atoms with E-state index in [1.54, 1.807) is 4.90 Å². The summed E-state index contributed by atoms with van der Waals surface area (Å²) < 4.78 is 0. The quantitative estimate of drug-likeness (QED) is 0.464.